The van der Waals surface area contributed by atoms with Gasteiger partial charge >= 0.3 is 5.97 Å². The Balaban J connectivity index is 1.95. The molecule has 2 aromatic carbocycles. The Morgan fingerprint density at radius 1 is 0.931 bits per heavy atom. The van der Waals surface area contributed by atoms with E-state index in [9.17, 15) is 9.90 Å². The summed E-state index contributed by atoms with van der Waals surface area (Å²) in [4.78, 5) is 14.9. The van der Waals surface area contributed by atoms with Gasteiger partial charge in [-0.2, -0.15) is 0 Å². The van der Waals surface area contributed by atoms with Crippen molar-refractivity contribution in [2.24, 2.45) is 23.7 Å². The van der Waals surface area contributed by atoms with Gasteiger partial charge in [-0.1, -0.05) is 87.9 Å². The minimum atomic E-state index is -0.679. The molecule has 1 fully saturated rings. The van der Waals surface area contributed by atoms with Gasteiger partial charge in [0.1, 0.15) is 6.04 Å². The highest BCUT2D eigenvalue weighted by Gasteiger charge is 2.42. The van der Waals surface area contributed by atoms with E-state index in [-0.39, 0.29) is 5.92 Å². The molecular formula is C26H35NO2. The summed E-state index contributed by atoms with van der Waals surface area (Å²) in [6.07, 6.45) is 3.35. The fourth-order valence-electron chi connectivity index (χ4n) is 5.14. The van der Waals surface area contributed by atoms with Crippen LogP contribution in [0.25, 0.3) is 0 Å². The third-order valence-electron chi connectivity index (χ3n) is 6.58. The van der Waals surface area contributed by atoms with Crippen LogP contribution < -0.4 is 0 Å². The minimum absolute atomic E-state index is 0.184. The topological polar surface area (TPSA) is 40.5 Å². The van der Waals surface area contributed by atoms with Crippen LogP contribution >= 0.6 is 0 Å². The number of hydrogen-bond acceptors (Lipinski definition) is 2. The highest BCUT2D eigenvalue weighted by Crippen LogP contribution is 2.41. The van der Waals surface area contributed by atoms with Crippen molar-refractivity contribution in [1.29, 1.82) is 0 Å². The van der Waals surface area contributed by atoms with Gasteiger partial charge < -0.3 is 5.11 Å². The summed E-state index contributed by atoms with van der Waals surface area (Å²) < 4.78 is 0. The normalized spacial score (nSPS) is 23.3. The molecule has 0 radical (unpaired) electrons. The first-order chi connectivity index (χ1) is 14.0. The number of aliphatic carboxylic acids is 1. The van der Waals surface area contributed by atoms with Crippen molar-refractivity contribution in [1.82, 2.24) is 4.90 Å². The number of carbonyl (C=O) groups is 1. The molecule has 4 atom stereocenters. The average Bonchev–Trinajstić information content (AvgIpc) is 2.69. The SMILES string of the molecule is CC(C)[C@@H]1CC[C@@H](C)C[C@H]1C(C(=O)O)N(Cc1ccccc1)Cc1ccccc1. The summed E-state index contributed by atoms with van der Waals surface area (Å²) in [5.41, 5.74) is 2.33. The van der Waals surface area contributed by atoms with Crippen LogP contribution in [0, 0.1) is 23.7 Å². The second-order valence-corrected chi connectivity index (χ2v) is 9.15. The molecule has 0 heterocycles. The molecule has 2 aromatic rings. The first-order valence-electron chi connectivity index (χ1n) is 11.0. The Morgan fingerprint density at radius 2 is 1.45 bits per heavy atom. The second-order valence-electron chi connectivity index (χ2n) is 9.15. The van der Waals surface area contributed by atoms with E-state index in [4.69, 9.17) is 0 Å². The van der Waals surface area contributed by atoms with Crippen molar-refractivity contribution in [2.75, 3.05) is 0 Å². The lowest BCUT2D eigenvalue weighted by molar-refractivity contribution is -0.149. The summed E-state index contributed by atoms with van der Waals surface area (Å²) in [6, 6.07) is 20.1. The Hall–Kier alpha value is -2.13. The minimum Gasteiger partial charge on any atom is -0.480 e. The van der Waals surface area contributed by atoms with Crippen molar-refractivity contribution in [3.8, 4) is 0 Å². The predicted octanol–water partition coefficient (Wildman–Crippen LogP) is 5.85. The van der Waals surface area contributed by atoms with Crippen molar-refractivity contribution in [2.45, 2.75) is 59.2 Å². The molecule has 1 saturated carbocycles. The summed E-state index contributed by atoms with van der Waals surface area (Å²) in [7, 11) is 0. The van der Waals surface area contributed by atoms with Crippen LogP contribution in [0.15, 0.2) is 60.7 Å². The summed E-state index contributed by atoms with van der Waals surface area (Å²) >= 11 is 0. The van der Waals surface area contributed by atoms with E-state index >= 15 is 0 Å². The predicted molar refractivity (Wildman–Crippen MR) is 118 cm³/mol. The third kappa shape index (κ3) is 5.70. The molecule has 3 rings (SSSR count). The molecule has 3 heteroatoms. The van der Waals surface area contributed by atoms with Gasteiger partial charge in [0, 0.05) is 13.1 Å². The molecule has 0 amide bonds. The van der Waals surface area contributed by atoms with E-state index in [2.05, 4.69) is 49.9 Å². The molecule has 3 nitrogen and oxygen atoms in total. The van der Waals surface area contributed by atoms with Crippen LogP contribution in [0.3, 0.4) is 0 Å². The van der Waals surface area contributed by atoms with Gasteiger partial charge in [-0.25, -0.2) is 0 Å². The van der Waals surface area contributed by atoms with E-state index in [1.165, 1.54) is 17.5 Å². The van der Waals surface area contributed by atoms with Gasteiger partial charge in [-0.05, 0) is 47.6 Å². The maximum Gasteiger partial charge on any atom is 0.321 e. The first kappa shape index (κ1) is 21.6. The molecule has 1 N–H and O–H groups in total. The van der Waals surface area contributed by atoms with E-state index in [0.29, 0.717) is 30.8 Å². The van der Waals surface area contributed by atoms with Gasteiger partial charge in [0.15, 0.2) is 0 Å². The molecule has 1 aliphatic carbocycles. The van der Waals surface area contributed by atoms with Crippen LogP contribution in [-0.2, 0) is 17.9 Å². The highest BCUT2D eigenvalue weighted by molar-refractivity contribution is 5.74. The Bertz CT molecular complexity index is 717. The number of rotatable bonds is 8. The maximum atomic E-state index is 12.7. The second kappa shape index (κ2) is 10.1. The highest BCUT2D eigenvalue weighted by atomic mass is 16.4. The smallest absolute Gasteiger partial charge is 0.321 e. The molecule has 0 aliphatic heterocycles. The standard InChI is InChI=1S/C26H35NO2/c1-19(2)23-15-14-20(3)16-24(23)25(26(28)29)27(17-21-10-6-4-7-11-21)18-22-12-8-5-9-13-22/h4-13,19-20,23-25H,14-18H2,1-3H3,(H,28,29)/t20-,23+,24-,25?/m1/s1. The van der Waals surface area contributed by atoms with Gasteiger partial charge in [0.2, 0.25) is 0 Å². The summed E-state index contributed by atoms with van der Waals surface area (Å²) in [5.74, 6) is 1.06. The van der Waals surface area contributed by atoms with E-state index < -0.39 is 12.0 Å². The summed E-state index contributed by atoms with van der Waals surface area (Å²) in [6.45, 7) is 8.10. The summed E-state index contributed by atoms with van der Waals surface area (Å²) in [5, 5.41) is 10.4. The van der Waals surface area contributed by atoms with Crippen LogP contribution in [0.5, 0.6) is 0 Å². The largest absolute Gasteiger partial charge is 0.480 e. The molecule has 0 aromatic heterocycles. The third-order valence-corrected chi connectivity index (χ3v) is 6.58. The molecule has 156 valence electrons. The number of benzene rings is 2. The Kier molecular flexibility index (Phi) is 7.49. The Morgan fingerprint density at radius 3 is 1.90 bits per heavy atom. The zero-order chi connectivity index (χ0) is 20.8. The van der Waals surface area contributed by atoms with Crippen molar-refractivity contribution >= 4 is 5.97 Å². The van der Waals surface area contributed by atoms with Crippen molar-refractivity contribution in [3.05, 3.63) is 71.8 Å². The Labute approximate surface area is 175 Å². The maximum absolute atomic E-state index is 12.7. The molecule has 0 spiro atoms. The number of hydrogen-bond donors (Lipinski definition) is 1. The fraction of sp³-hybridized carbons (Fsp3) is 0.500. The fourth-order valence-corrected chi connectivity index (χ4v) is 5.14. The lowest BCUT2D eigenvalue weighted by atomic mass is 9.67. The quantitative estimate of drug-likeness (QED) is 0.611. The molecule has 1 unspecified atom stereocenters. The average molecular weight is 394 g/mol. The van der Waals surface area contributed by atoms with Gasteiger partial charge in [0.05, 0.1) is 0 Å². The number of carboxylic acid groups (broad SMARTS) is 1. The first-order valence-corrected chi connectivity index (χ1v) is 11.0. The van der Waals surface area contributed by atoms with Crippen molar-refractivity contribution in [3.63, 3.8) is 0 Å². The molecule has 29 heavy (non-hydrogen) atoms. The van der Waals surface area contributed by atoms with E-state index in [1.807, 2.05) is 36.4 Å². The zero-order valence-electron chi connectivity index (χ0n) is 18.0. The van der Waals surface area contributed by atoms with Crippen LogP contribution in [0.4, 0.5) is 0 Å². The molecular weight excluding hydrogens is 358 g/mol. The zero-order valence-corrected chi connectivity index (χ0v) is 18.0. The number of carboxylic acids is 1. The van der Waals surface area contributed by atoms with E-state index in [0.717, 1.165) is 12.8 Å². The van der Waals surface area contributed by atoms with Gasteiger partial charge in [-0.3, -0.25) is 9.69 Å². The molecule has 0 bridgehead atoms. The monoisotopic (exact) mass is 393 g/mol. The van der Waals surface area contributed by atoms with Crippen LogP contribution in [-0.4, -0.2) is 22.0 Å². The molecule has 1 aliphatic rings. The van der Waals surface area contributed by atoms with Crippen LogP contribution in [0.2, 0.25) is 0 Å². The van der Waals surface area contributed by atoms with Crippen molar-refractivity contribution < 1.29 is 9.90 Å². The van der Waals surface area contributed by atoms with Crippen LogP contribution in [0.1, 0.15) is 51.2 Å². The molecule has 0 saturated heterocycles. The van der Waals surface area contributed by atoms with Gasteiger partial charge in [0.25, 0.3) is 0 Å². The number of nitrogens with zero attached hydrogens (tertiary/aromatic N) is 1. The lowest BCUT2D eigenvalue weighted by Crippen LogP contribution is -2.50. The van der Waals surface area contributed by atoms with Gasteiger partial charge in [-0.15, -0.1) is 0 Å². The van der Waals surface area contributed by atoms with E-state index in [1.54, 1.807) is 0 Å². The lowest BCUT2D eigenvalue weighted by Gasteiger charge is -2.44.